The molecule has 1 saturated carbocycles. The molecule has 1 atom stereocenters. The predicted molar refractivity (Wildman–Crippen MR) is 75.7 cm³/mol. The maximum absolute atomic E-state index is 4.45. The number of hydrogen-bond acceptors (Lipinski definition) is 3. The lowest BCUT2D eigenvalue weighted by Crippen LogP contribution is -2.30. The van der Waals surface area contributed by atoms with E-state index in [-0.39, 0.29) is 0 Å². The second-order valence-corrected chi connectivity index (χ2v) is 5.95. The highest BCUT2D eigenvalue weighted by atomic mass is 32.1. The van der Waals surface area contributed by atoms with Crippen molar-refractivity contribution in [3.8, 4) is 10.7 Å². The first-order valence-electron chi connectivity index (χ1n) is 6.63. The minimum Gasteiger partial charge on any atom is -0.329 e. The van der Waals surface area contributed by atoms with Crippen LogP contribution in [0, 0.1) is 5.92 Å². The molecule has 1 aliphatic rings. The Hall–Kier alpha value is -1.13. The summed E-state index contributed by atoms with van der Waals surface area (Å²) in [5.41, 5.74) is 0. The highest BCUT2D eigenvalue weighted by molar-refractivity contribution is 7.13. The number of thiophene rings is 1. The molecule has 18 heavy (non-hydrogen) atoms. The van der Waals surface area contributed by atoms with Crippen LogP contribution in [0.1, 0.15) is 19.8 Å². The Bertz CT molecular complexity index is 485. The van der Waals surface area contributed by atoms with Crippen LogP contribution in [0.3, 0.4) is 0 Å². The fraction of sp³-hybridized carbons (Fsp3) is 0.500. The lowest BCUT2D eigenvalue weighted by atomic mass is 10.2. The summed E-state index contributed by atoms with van der Waals surface area (Å²) in [6.45, 7) is 4.31. The van der Waals surface area contributed by atoms with Crippen LogP contribution >= 0.6 is 11.3 Å². The van der Waals surface area contributed by atoms with Gasteiger partial charge >= 0.3 is 0 Å². The molecule has 2 heterocycles. The third kappa shape index (κ3) is 2.65. The predicted octanol–water partition coefficient (Wildman–Crippen LogP) is 3.00. The van der Waals surface area contributed by atoms with E-state index in [0.29, 0.717) is 6.04 Å². The molecule has 1 unspecified atom stereocenters. The van der Waals surface area contributed by atoms with Gasteiger partial charge in [0.25, 0.3) is 0 Å². The zero-order chi connectivity index (χ0) is 12.4. The molecule has 0 amide bonds. The average Bonchev–Trinajstić information content (AvgIpc) is 2.90. The van der Waals surface area contributed by atoms with E-state index < -0.39 is 0 Å². The van der Waals surface area contributed by atoms with Crippen LogP contribution in [0.25, 0.3) is 10.7 Å². The summed E-state index contributed by atoms with van der Waals surface area (Å²) >= 11 is 1.75. The molecule has 1 fully saturated rings. The van der Waals surface area contributed by atoms with E-state index >= 15 is 0 Å². The molecule has 96 valence electrons. The number of nitrogens with zero attached hydrogens (tertiary/aromatic N) is 2. The minimum absolute atomic E-state index is 0.665. The van der Waals surface area contributed by atoms with Gasteiger partial charge < -0.3 is 9.88 Å². The summed E-state index contributed by atoms with van der Waals surface area (Å²) < 4.78 is 2.23. The Morgan fingerprint density at radius 2 is 2.44 bits per heavy atom. The van der Waals surface area contributed by atoms with Gasteiger partial charge in [-0.05, 0) is 37.1 Å². The molecule has 0 aromatic carbocycles. The summed E-state index contributed by atoms with van der Waals surface area (Å²) in [4.78, 5) is 5.70. The molecular formula is C14H19N3S. The first kappa shape index (κ1) is 11.9. The van der Waals surface area contributed by atoms with Gasteiger partial charge in [-0.1, -0.05) is 6.07 Å². The Labute approximate surface area is 112 Å². The van der Waals surface area contributed by atoms with E-state index in [0.717, 1.165) is 24.8 Å². The summed E-state index contributed by atoms with van der Waals surface area (Å²) in [6, 6.07) is 4.87. The molecule has 1 aliphatic carbocycles. The van der Waals surface area contributed by atoms with Crippen LogP contribution in [0.15, 0.2) is 29.9 Å². The van der Waals surface area contributed by atoms with Crippen molar-refractivity contribution in [2.24, 2.45) is 5.92 Å². The van der Waals surface area contributed by atoms with Crippen molar-refractivity contribution < 1.29 is 0 Å². The Balaban J connectivity index is 1.58. The number of nitrogens with one attached hydrogen (secondary N) is 1. The van der Waals surface area contributed by atoms with Gasteiger partial charge in [0, 0.05) is 31.5 Å². The van der Waals surface area contributed by atoms with Gasteiger partial charge in [-0.2, -0.15) is 0 Å². The third-order valence-electron chi connectivity index (χ3n) is 3.61. The van der Waals surface area contributed by atoms with Crippen LogP contribution < -0.4 is 5.32 Å². The van der Waals surface area contributed by atoms with Crippen LogP contribution in [-0.4, -0.2) is 22.1 Å². The van der Waals surface area contributed by atoms with Crippen LogP contribution in [0.5, 0.6) is 0 Å². The molecular weight excluding hydrogens is 242 g/mol. The molecule has 2 aromatic rings. The van der Waals surface area contributed by atoms with Gasteiger partial charge in [0.1, 0.15) is 5.82 Å². The fourth-order valence-electron chi connectivity index (χ4n) is 2.30. The van der Waals surface area contributed by atoms with Crippen LogP contribution in [0.4, 0.5) is 0 Å². The fourth-order valence-corrected chi connectivity index (χ4v) is 3.03. The summed E-state index contributed by atoms with van der Waals surface area (Å²) in [5.74, 6) is 2.01. The van der Waals surface area contributed by atoms with Crippen molar-refractivity contribution >= 4 is 11.3 Å². The zero-order valence-electron chi connectivity index (χ0n) is 10.7. The van der Waals surface area contributed by atoms with Crippen molar-refractivity contribution in [1.29, 1.82) is 0 Å². The lowest BCUT2D eigenvalue weighted by molar-refractivity contribution is 0.476. The van der Waals surface area contributed by atoms with Gasteiger partial charge in [0.2, 0.25) is 0 Å². The molecule has 2 aromatic heterocycles. The van der Waals surface area contributed by atoms with E-state index in [1.165, 1.54) is 17.7 Å². The molecule has 0 radical (unpaired) electrons. The highest BCUT2D eigenvalue weighted by Gasteiger charge is 2.27. The average molecular weight is 261 g/mol. The molecule has 0 spiro atoms. The van der Waals surface area contributed by atoms with Crippen molar-refractivity contribution in [1.82, 2.24) is 14.9 Å². The molecule has 1 N–H and O–H groups in total. The van der Waals surface area contributed by atoms with Crippen LogP contribution in [-0.2, 0) is 6.54 Å². The number of imidazole rings is 1. The highest BCUT2D eigenvalue weighted by Crippen LogP contribution is 2.32. The van der Waals surface area contributed by atoms with E-state index in [4.69, 9.17) is 0 Å². The third-order valence-corrected chi connectivity index (χ3v) is 4.47. The van der Waals surface area contributed by atoms with Crippen molar-refractivity contribution in [2.45, 2.75) is 32.4 Å². The minimum atomic E-state index is 0.665. The molecule has 3 nitrogen and oxygen atoms in total. The van der Waals surface area contributed by atoms with E-state index in [1.54, 1.807) is 11.3 Å². The van der Waals surface area contributed by atoms with E-state index in [1.807, 2.05) is 6.20 Å². The van der Waals surface area contributed by atoms with E-state index in [2.05, 4.69) is 45.5 Å². The largest absolute Gasteiger partial charge is 0.329 e. The molecule has 4 heteroatoms. The standard InChI is InChI=1S/C14H19N3S/c1-11(12-4-5-12)15-6-8-17-9-7-16-14(17)13-3-2-10-18-13/h2-3,7,9-12,15H,4-6,8H2,1H3. The molecule has 0 bridgehead atoms. The van der Waals surface area contributed by atoms with E-state index in [9.17, 15) is 0 Å². The quantitative estimate of drug-likeness (QED) is 0.866. The van der Waals surface area contributed by atoms with Gasteiger partial charge in [-0.15, -0.1) is 11.3 Å². The zero-order valence-corrected chi connectivity index (χ0v) is 11.5. The molecule has 3 rings (SSSR count). The number of rotatable bonds is 6. The second-order valence-electron chi connectivity index (χ2n) is 5.00. The topological polar surface area (TPSA) is 29.9 Å². The van der Waals surface area contributed by atoms with Crippen LogP contribution in [0.2, 0.25) is 0 Å². The summed E-state index contributed by atoms with van der Waals surface area (Å²) in [7, 11) is 0. The van der Waals surface area contributed by atoms with Gasteiger partial charge in [0.05, 0.1) is 4.88 Å². The monoisotopic (exact) mass is 261 g/mol. The van der Waals surface area contributed by atoms with Gasteiger partial charge in [0.15, 0.2) is 0 Å². The van der Waals surface area contributed by atoms with Crippen molar-refractivity contribution in [2.75, 3.05) is 6.54 Å². The van der Waals surface area contributed by atoms with Gasteiger partial charge in [-0.25, -0.2) is 4.98 Å². The SMILES string of the molecule is CC(NCCn1ccnc1-c1cccs1)C1CC1. The van der Waals surface area contributed by atoms with Crippen molar-refractivity contribution in [3.05, 3.63) is 29.9 Å². The first-order chi connectivity index (χ1) is 8.84. The smallest absolute Gasteiger partial charge is 0.150 e. The van der Waals surface area contributed by atoms with Crippen molar-refractivity contribution in [3.63, 3.8) is 0 Å². The Kier molecular flexibility index (Phi) is 3.48. The second kappa shape index (κ2) is 5.24. The molecule has 0 saturated heterocycles. The lowest BCUT2D eigenvalue weighted by Gasteiger charge is -2.13. The maximum atomic E-state index is 4.45. The molecule has 0 aliphatic heterocycles. The van der Waals surface area contributed by atoms with Gasteiger partial charge in [-0.3, -0.25) is 0 Å². The maximum Gasteiger partial charge on any atom is 0.150 e. The summed E-state index contributed by atoms with van der Waals surface area (Å²) in [6.07, 6.45) is 6.76. The summed E-state index contributed by atoms with van der Waals surface area (Å²) in [5, 5.41) is 5.71. The Morgan fingerprint density at radius 1 is 1.56 bits per heavy atom. The first-order valence-corrected chi connectivity index (χ1v) is 7.51. The normalized spacial score (nSPS) is 16.9. The number of aromatic nitrogens is 2. The Morgan fingerprint density at radius 3 is 3.17 bits per heavy atom. The number of hydrogen-bond donors (Lipinski definition) is 1.